The third-order valence-corrected chi connectivity index (χ3v) is 7.76. The quantitative estimate of drug-likeness (QED) is 0.318. The number of hydrogen-bond acceptors (Lipinski definition) is 6. The van der Waals surface area contributed by atoms with E-state index in [2.05, 4.69) is 82.2 Å². The first kappa shape index (κ1) is 20.9. The van der Waals surface area contributed by atoms with Crippen LogP contribution in [0.5, 0.6) is 5.75 Å². The van der Waals surface area contributed by atoms with Gasteiger partial charge in [-0.3, -0.25) is 4.90 Å². The Morgan fingerprint density at radius 2 is 1.81 bits per heavy atom. The molecule has 0 aliphatic carbocycles. The maximum atomic E-state index is 5.68. The number of fused-ring (bicyclic) bond motifs is 1. The molecule has 1 saturated heterocycles. The van der Waals surface area contributed by atoms with Gasteiger partial charge in [-0.15, -0.1) is 0 Å². The highest BCUT2D eigenvalue weighted by Gasteiger charge is 2.36. The molecule has 1 aromatic heterocycles. The molecule has 0 unspecified atom stereocenters. The number of anilines is 6. The van der Waals surface area contributed by atoms with Crippen molar-refractivity contribution in [1.82, 2.24) is 9.97 Å². The standard InChI is InChI=1S/C25H30N5OP/c1-31-22-16-18(29-14-8-5-9-15-29)12-13-19(22)27-25-26-17-21-24(28-25)30(21)20-10-6-7-11-23(20)32(2,3)4/h6-7,10-13,16-17H,2,5,8-9,14-15H2,1,3-4H3,(H,26,27,28). The van der Waals surface area contributed by atoms with Crippen molar-refractivity contribution in [3.8, 4) is 5.75 Å². The zero-order valence-electron chi connectivity index (χ0n) is 19.0. The van der Waals surface area contributed by atoms with Crippen molar-refractivity contribution in [3.63, 3.8) is 0 Å². The van der Waals surface area contributed by atoms with Gasteiger partial charge in [0.1, 0.15) is 11.4 Å². The lowest BCUT2D eigenvalue weighted by molar-refractivity contribution is 0.416. The monoisotopic (exact) mass is 447 g/mol. The van der Waals surface area contributed by atoms with Gasteiger partial charge in [-0.25, -0.2) is 4.98 Å². The molecule has 0 bridgehead atoms. The van der Waals surface area contributed by atoms with Gasteiger partial charge in [0, 0.05) is 24.8 Å². The minimum atomic E-state index is -1.42. The Labute approximate surface area is 190 Å². The summed E-state index contributed by atoms with van der Waals surface area (Å²) in [4.78, 5) is 13.9. The third kappa shape index (κ3) is 3.95. The molecule has 0 amide bonds. The second-order valence-corrected chi connectivity index (χ2v) is 12.8. The molecule has 2 aromatic carbocycles. The number of ether oxygens (including phenoxy) is 1. The van der Waals surface area contributed by atoms with Gasteiger partial charge in [0.15, 0.2) is 5.82 Å². The molecule has 5 rings (SSSR count). The fraction of sp³-hybridized carbons (Fsp3) is 0.320. The maximum absolute atomic E-state index is 5.68. The Kier molecular flexibility index (Phi) is 5.34. The number of rotatable bonds is 6. The number of piperidine rings is 1. The lowest BCUT2D eigenvalue weighted by Crippen LogP contribution is -2.29. The average molecular weight is 448 g/mol. The van der Waals surface area contributed by atoms with Gasteiger partial charge in [0.25, 0.3) is 0 Å². The Hall–Kier alpha value is -2.98. The number of aromatic nitrogens is 2. The van der Waals surface area contributed by atoms with Crippen molar-refractivity contribution >= 4 is 53.0 Å². The van der Waals surface area contributed by atoms with Gasteiger partial charge in [0.2, 0.25) is 5.95 Å². The van der Waals surface area contributed by atoms with E-state index in [0.717, 1.165) is 41.7 Å². The molecule has 0 spiro atoms. The van der Waals surface area contributed by atoms with Crippen molar-refractivity contribution in [1.29, 1.82) is 0 Å². The molecule has 7 heteroatoms. The number of nitrogens with zero attached hydrogens (tertiary/aromatic N) is 4. The van der Waals surface area contributed by atoms with Crippen LogP contribution in [0.15, 0.2) is 48.7 Å². The fourth-order valence-corrected chi connectivity index (χ4v) is 5.65. The third-order valence-electron chi connectivity index (χ3n) is 6.08. The lowest BCUT2D eigenvalue weighted by Gasteiger charge is -2.29. The first-order chi connectivity index (χ1) is 15.5. The summed E-state index contributed by atoms with van der Waals surface area (Å²) >= 11 is 0. The van der Waals surface area contributed by atoms with Crippen molar-refractivity contribution in [3.05, 3.63) is 48.7 Å². The van der Waals surface area contributed by atoms with Crippen LogP contribution >= 0.6 is 6.89 Å². The Balaban J connectivity index is 1.38. The van der Waals surface area contributed by atoms with Crippen LogP contribution in [0.25, 0.3) is 0 Å². The molecule has 0 atom stereocenters. The Morgan fingerprint density at radius 1 is 1.03 bits per heavy atom. The molecular formula is C25H30N5OP. The van der Waals surface area contributed by atoms with Crippen molar-refractivity contribution in [2.24, 2.45) is 0 Å². The van der Waals surface area contributed by atoms with Crippen molar-refractivity contribution in [2.45, 2.75) is 19.3 Å². The van der Waals surface area contributed by atoms with E-state index in [1.54, 1.807) is 7.11 Å². The van der Waals surface area contributed by atoms with Crippen LogP contribution in [-0.4, -0.2) is 49.8 Å². The van der Waals surface area contributed by atoms with E-state index in [-0.39, 0.29) is 0 Å². The number of nitrogens with one attached hydrogen (secondary N) is 1. The van der Waals surface area contributed by atoms with Gasteiger partial charge in [-0.1, -0.05) is 31.4 Å². The molecular weight excluding hydrogens is 417 g/mol. The molecule has 32 heavy (non-hydrogen) atoms. The summed E-state index contributed by atoms with van der Waals surface area (Å²) in [5, 5.41) is 4.64. The van der Waals surface area contributed by atoms with Gasteiger partial charge < -0.3 is 15.0 Å². The van der Waals surface area contributed by atoms with Gasteiger partial charge >= 0.3 is 0 Å². The Morgan fingerprint density at radius 3 is 2.56 bits per heavy atom. The van der Waals surface area contributed by atoms with E-state index in [1.807, 2.05) is 6.20 Å². The summed E-state index contributed by atoms with van der Waals surface area (Å²) in [6.45, 7) is 5.26. The summed E-state index contributed by atoms with van der Waals surface area (Å²) < 4.78 is 5.68. The second kappa shape index (κ2) is 8.18. The minimum Gasteiger partial charge on any atom is -0.494 e. The van der Waals surface area contributed by atoms with E-state index in [1.165, 1.54) is 30.3 Å². The molecule has 0 radical (unpaired) electrons. The summed E-state index contributed by atoms with van der Waals surface area (Å²) in [6, 6.07) is 14.8. The van der Waals surface area contributed by atoms with E-state index in [4.69, 9.17) is 9.72 Å². The van der Waals surface area contributed by atoms with Crippen LogP contribution < -0.4 is 25.2 Å². The van der Waals surface area contributed by atoms with Crippen LogP contribution in [0.3, 0.4) is 0 Å². The van der Waals surface area contributed by atoms with E-state index >= 15 is 0 Å². The zero-order chi connectivity index (χ0) is 22.3. The minimum absolute atomic E-state index is 0.566. The van der Waals surface area contributed by atoms with Gasteiger partial charge in [0.05, 0.1) is 24.7 Å². The van der Waals surface area contributed by atoms with E-state index in [0.29, 0.717) is 5.95 Å². The van der Waals surface area contributed by atoms with Crippen LogP contribution in [0.4, 0.5) is 34.5 Å². The fourth-order valence-electron chi connectivity index (χ4n) is 4.36. The highest BCUT2D eigenvalue weighted by Crippen LogP contribution is 2.53. The first-order valence-electron chi connectivity index (χ1n) is 11.1. The average Bonchev–Trinajstić information content (AvgIpc) is 3.52. The SMILES string of the molecule is C=P(C)(C)c1ccccc1N1c2cnc(Nc3ccc(N4CCCCC4)cc3OC)nc21. The predicted molar refractivity (Wildman–Crippen MR) is 138 cm³/mol. The molecule has 2 aliphatic rings. The van der Waals surface area contributed by atoms with Crippen LogP contribution in [0.2, 0.25) is 0 Å². The topological polar surface area (TPSA) is 53.3 Å². The molecule has 0 saturated carbocycles. The first-order valence-corrected chi connectivity index (χ1v) is 14.0. The van der Waals surface area contributed by atoms with Gasteiger partial charge in [-0.2, -0.15) is 4.98 Å². The van der Waals surface area contributed by atoms with Crippen molar-refractivity contribution < 1.29 is 4.74 Å². The normalized spacial score (nSPS) is 15.3. The predicted octanol–water partition coefficient (Wildman–Crippen LogP) is 5.34. The van der Waals surface area contributed by atoms with Crippen molar-refractivity contribution in [2.75, 3.05) is 48.6 Å². The smallest absolute Gasteiger partial charge is 0.229 e. The van der Waals surface area contributed by atoms with E-state index < -0.39 is 6.89 Å². The molecule has 2 aliphatic heterocycles. The molecule has 6 nitrogen and oxygen atoms in total. The van der Waals surface area contributed by atoms with Crippen LogP contribution in [0.1, 0.15) is 19.3 Å². The molecule has 3 aromatic rings. The highest BCUT2D eigenvalue weighted by atomic mass is 31.2. The molecule has 3 heterocycles. The second-order valence-electron chi connectivity index (χ2n) is 8.97. The summed E-state index contributed by atoms with van der Waals surface area (Å²) in [6.07, 6.45) is 10.1. The van der Waals surface area contributed by atoms with Crippen LogP contribution in [0, 0.1) is 0 Å². The number of methoxy groups -OCH3 is 1. The summed E-state index contributed by atoms with van der Waals surface area (Å²) in [5.41, 5.74) is 4.27. The van der Waals surface area contributed by atoms with Gasteiger partial charge in [-0.05, 0) is 56.1 Å². The maximum Gasteiger partial charge on any atom is 0.229 e. The molecule has 1 fully saturated rings. The number of para-hydroxylation sites is 1. The number of hydrogen-bond donors (Lipinski definition) is 1. The Bertz CT molecular complexity index is 1200. The zero-order valence-corrected chi connectivity index (χ0v) is 19.9. The highest BCUT2D eigenvalue weighted by molar-refractivity contribution is 7.79. The molecule has 166 valence electrons. The summed E-state index contributed by atoms with van der Waals surface area (Å²) in [5.74, 6) is 2.30. The molecule has 1 N–H and O–H groups in total. The van der Waals surface area contributed by atoms with E-state index in [9.17, 15) is 0 Å². The van der Waals surface area contributed by atoms with Crippen LogP contribution in [-0.2, 0) is 0 Å². The summed E-state index contributed by atoms with van der Waals surface area (Å²) in [7, 11) is 1.70. The lowest BCUT2D eigenvalue weighted by atomic mass is 10.1. The number of benzene rings is 2. The largest absolute Gasteiger partial charge is 0.494 e.